The van der Waals surface area contributed by atoms with Crippen molar-refractivity contribution in [2.24, 2.45) is 0 Å². The Morgan fingerprint density at radius 2 is 2.20 bits per heavy atom. The van der Waals surface area contributed by atoms with Crippen LogP contribution in [0.3, 0.4) is 0 Å². The number of ether oxygens (including phenoxy) is 1. The number of rotatable bonds is 1. The van der Waals surface area contributed by atoms with Crippen LogP contribution in [0.15, 0.2) is 18.2 Å². The van der Waals surface area contributed by atoms with Crippen molar-refractivity contribution in [3.63, 3.8) is 0 Å². The summed E-state index contributed by atoms with van der Waals surface area (Å²) < 4.78 is 6.44. The van der Waals surface area contributed by atoms with Crippen molar-refractivity contribution in [2.45, 2.75) is 43.9 Å². The molecule has 1 saturated heterocycles. The van der Waals surface area contributed by atoms with Gasteiger partial charge in [0.05, 0.1) is 0 Å². The summed E-state index contributed by atoms with van der Waals surface area (Å²) in [5, 5.41) is 4.21. The van der Waals surface area contributed by atoms with Crippen LogP contribution in [0.1, 0.15) is 37.8 Å². The van der Waals surface area contributed by atoms with Crippen LogP contribution in [0.4, 0.5) is 0 Å². The third kappa shape index (κ3) is 2.43. The van der Waals surface area contributed by atoms with E-state index in [0.29, 0.717) is 12.1 Å². The summed E-state index contributed by atoms with van der Waals surface area (Å²) in [6.07, 6.45) is 3.20. The molecule has 0 aliphatic carbocycles. The van der Waals surface area contributed by atoms with Gasteiger partial charge < -0.3 is 15.0 Å². The summed E-state index contributed by atoms with van der Waals surface area (Å²) in [6.45, 7) is 3.39. The molecule has 1 spiro atoms. The van der Waals surface area contributed by atoms with E-state index in [-0.39, 0.29) is 5.60 Å². The predicted molar refractivity (Wildman–Crippen MR) is 82.6 cm³/mol. The van der Waals surface area contributed by atoms with Gasteiger partial charge in [-0.2, -0.15) is 0 Å². The number of nitrogens with one attached hydrogen (secondary N) is 1. The zero-order chi connectivity index (χ0) is 14.3. The van der Waals surface area contributed by atoms with Crippen molar-refractivity contribution >= 4 is 11.6 Å². The van der Waals surface area contributed by atoms with Gasteiger partial charge in [0, 0.05) is 42.1 Å². The molecule has 1 N–H and O–H groups in total. The molecule has 110 valence electrons. The first-order valence-electron chi connectivity index (χ1n) is 7.39. The quantitative estimate of drug-likeness (QED) is 0.860. The van der Waals surface area contributed by atoms with Gasteiger partial charge in [0.25, 0.3) is 0 Å². The van der Waals surface area contributed by atoms with Gasteiger partial charge in [0.2, 0.25) is 0 Å². The second-order valence-corrected chi connectivity index (χ2v) is 6.73. The predicted octanol–water partition coefficient (Wildman–Crippen LogP) is 3.24. The number of piperidine rings is 1. The lowest BCUT2D eigenvalue weighted by molar-refractivity contribution is -0.0384. The van der Waals surface area contributed by atoms with Crippen LogP contribution in [0.25, 0.3) is 0 Å². The van der Waals surface area contributed by atoms with Crippen molar-refractivity contribution in [1.82, 2.24) is 10.2 Å². The number of hydrogen-bond donors (Lipinski definition) is 1. The first-order valence-corrected chi connectivity index (χ1v) is 7.77. The zero-order valence-electron chi connectivity index (χ0n) is 12.4. The molecule has 20 heavy (non-hydrogen) atoms. The van der Waals surface area contributed by atoms with E-state index < -0.39 is 0 Å². The monoisotopic (exact) mass is 294 g/mol. The van der Waals surface area contributed by atoms with Gasteiger partial charge in [0.1, 0.15) is 11.4 Å². The fourth-order valence-electron chi connectivity index (χ4n) is 3.57. The minimum absolute atomic E-state index is 0.0273. The van der Waals surface area contributed by atoms with Gasteiger partial charge in [-0.15, -0.1) is 0 Å². The van der Waals surface area contributed by atoms with Gasteiger partial charge in [0.15, 0.2) is 0 Å². The van der Waals surface area contributed by atoms with Crippen LogP contribution in [0.2, 0.25) is 5.02 Å². The lowest BCUT2D eigenvalue weighted by atomic mass is 9.78. The minimum atomic E-state index is -0.0273. The number of nitrogens with zero attached hydrogens (tertiary/aromatic N) is 1. The van der Waals surface area contributed by atoms with Gasteiger partial charge in [-0.05, 0) is 45.6 Å². The molecule has 0 amide bonds. The molecule has 3 unspecified atom stereocenters. The Hall–Kier alpha value is -0.770. The smallest absolute Gasteiger partial charge is 0.125 e. The SMILES string of the molecule is CNC1CC2(CCN(C)C(C)C2)Oc2ccc(Cl)cc21. The Bertz CT molecular complexity index is 507. The number of fused-ring (bicyclic) bond motifs is 1. The highest BCUT2D eigenvalue weighted by Gasteiger charge is 2.44. The van der Waals surface area contributed by atoms with Gasteiger partial charge in [-0.3, -0.25) is 0 Å². The summed E-state index contributed by atoms with van der Waals surface area (Å²) in [5.41, 5.74) is 1.16. The van der Waals surface area contributed by atoms with Crippen LogP contribution in [-0.4, -0.2) is 37.2 Å². The molecule has 3 atom stereocenters. The molecule has 3 rings (SSSR count). The molecule has 0 saturated carbocycles. The highest BCUT2D eigenvalue weighted by molar-refractivity contribution is 6.30. The normalized spacial score (nSPS) is 33.8. The highest BCUT2D eigenvalue weighted by Crippen LogP contribution is 2.45. The number of halogens is 1. The molecule has 2 aliphatic heterocycles. The topological polar surface area (TPSA) is 24.5 Å². The standard InChI is InChI=1S/C16H23ClN2O/c1-11-9-16(6-7-19(11)3)10-14(18-2)13-8-12(17)4-5-15(13)20-16/h4-5,8,11,14,18H,6-7,9-10H2,1-3H3. The van der Waals surface area contributed by atoms with E-state index in [1.54, 1.807) is 0 Å². The fraction of sp³-hybridized carbons (Fsp3) is 0.625. The maximum atomic E-state index is 6.44. The third-order valence-electron chi connectivity index (χ3n) is 4.94. The molecular formula is C16H23ClN2O. The van der Waals surface area contributed by atoms with E-state index in [1.165, 1.54) is 5.56 Å². The molecule has 2 heterocycles. The van der Waals surface area contributed by atoms with Gasteiger partial charge in [-0.1, -0.05) is 11.6 Å². The van der Waals surface area contributed by atoms with E-state index in [0.717, 1.165) is 36.6 Å². The molecular weight excluding hydrogens is 272 g/mol. The zero-order valence-corrected chi connectivity index (χ0v) is 13.2. The maximum absolute atomic E-state index is 6.44. The molecule has 1 fully saturated rings. The van der Waals surface area contributed by atoms with Crippen molar-refractivity contribution in [3.05, 3.63) is 28.8 Å². The van der Waals surface area contributed by atoms with Crippen LogP contribution >= 0.6 is 11.6 Å². The maximum Gasteiger partial charge on any atom is 0.125 e. The lowest BCUT2D eigenvalue weighted by Gasteiger charge is -2.48. The number of benzene rings is 1. The van der Waals surface area contributed by atoms with Crippen molar-refractivity contribution in [1.29, 1.82) is 0 Å². The molecule has 1 aromatic rings. The molecule has 3 nitrogen and oxygen atoms in total. The average molecular weight is 295 g/mol. The van der Waals surface area contributed by atoms with Crippen molar-refractivity contribution in [3.8, 4) is 5.75 Å². The van der Waals surface area contributed by atoms with Gasteiger partial charge in [-0.25, -0.2) is 0 Å². The van der Waals surface area contributed by atoms with Crippen LogP contribution in [0.5, 0.6) is 5.75 Å². The highest BCUT2D eigenvalue weighted by atomic mass is 35.5. The van der Waals surface area contributed by atoms with E-state index in [4.69, 9.17) is 16.3 Å². The molecule has 0 aromatic heterocycles. The second kappa shape index (κ2) is 5.21. The van der Waals surface area contributed by atoms with E-state index in [1.807, 2.05) is 25.2 Å². The van der Waals surface area contributed by atoms with E-state index in [2.05, 4.69) is 24.2 Å². The molecule has 0 radical (unpaired) electrons. The Morgan fingerprint density at radius 1 is 1.40 bits per heavy atom. The second-order valence-electron chi connectivity index (χ2n) is 6.30. The molecule has 0 bridgehead atoms. The third-order valence-corrected chi connectivity index (χ3v) is 5.17. The Morgan fingerprint density at radius 3 is 2.90 bits per heavy atom. The number of hydrogen-bond acceptors (Lipinski definition) is 3. The first kappa shape index (κ1) is 14.2. The van der Waals surface area contributed by atoms with Gasteiger partial charge >= 0.3 is 0 Å². The first-order chi connectivity index (χ1) is 9.53. The summed E-state index contributed by atoms with van der Waals surface area (Å²) in [7, 11) is 4.22. The van der Waals surface area contributed by atoms with E-state index >= 15 is 0 Å². The Kier molecular flexibility index (Phi) is 3.69. The van der Waals surface area contributed by atoms with Crippen LogP contribution < -0.4 is 10.1 Å². The van der Waals surface area contributed by atoms with Crippen LogP contribution in [0, 0.1) is 0 Å². The number of likely N-dealkylation sites (tertiary alicyclic amines) is 1. The summed E-state index contributed by atoms with van der Waals surface area (Å²) >= 11 is 6.13. The molecule has 2 aliphatic rings. The van der Waals surface area contributed by atoms with Crippen molar-refractivity contribution < 1.29 is 4.74 Å². The van der Waals surface area contributed by atoms with E-state index in [9.17, 15) is 0 Å². The fourth-order valence-corrected chi connectivity index (χ4v) is 3.75. The summed E-state index contributed by atoms with van der Waals surface area (Å²) in [5.74, 6) is 0.997. The van der Waals surface area contributed by atoms with Crippen molar-refractivity contribution in [2.75, 3.05) is 20.6 Å². The molecule has 1 aromatic carbocycles. The Labute approximate surface area is 126 Å². The minimum Gasteiger partial charge on any atom is -0.487 e. The van der Waals surface area contributed by atoms with Crippen LogP contribution in [-0.2, 0) is 0 Å². The summed E-state index contributed by atoms with van der Waals surface area (Å²) in [6, 6.07) is 6.86. The Balaban J connectivity index is 1.93. The molecule has 4 heteroatoms. The largest absolute Gasteiger partial charge is 0.487 e. The lowest BCUT2D eigenvalue weighted by Crippen LogP contribution is -2.53. The summed E-state index contributed by atoms with van der Waals surface area (Å²) in [4.78, 5) is 2.42. The average Bonchev–Trinajstić information content (AvgIpc) is 2.43.